The van der Waals surface area contributed by atoms with E-state index in [4.69, 9.17) is 4.74 Å². The number of hydrogen-bond acceptors (Lipinski definition) is 2. The molecule has 0 fully saturated rings. The summed E-state index contributed by atoms with van der Waals surface area (Å²) < 4.78 is 5.13. The Labute approximate surface area is 107 Å². The van der Waals surface area contributed by atoms with E-state index in [1.807, 2.05) is 42.5 Å². The van der Waals surface area contributed by atoms with Crippen LogP contribution in [0.4, 0.5) is 0 Å². The second-order valence-electron chi connectivity index (χ2n) is 4.13. The van der Waals surface area contributed by atoms with E-state index in [0.29, 0.717) is 12.2 Å². The third-order valence-electron chi connectivity index (χ3n) is 2.69. The Hall–Kier alpha value is -2.09. The van der Waals surface area contributed by atoms with Crippen molar-refractivity contribution < 1.29 is 9.53 Å². The van der Waals surface area contributed by atoms with Gasteiger partial charge in [-0.1, -0.05) is 49.4 Å². The van der Waals surface area contributed by atoms with Gasteiger partial charge in [0, 0.05) is 6.42 Å². The molecule has 2 aromatic carbocycles. The molecule has 0 atom stereocenters. The third kappa shape index (κ3) is 3.45. The molecular formula is C16H16O2. The van der Waals surface area contributed by atoms with Crippen LogP contribution < -0.4 is 4.74 Å². The number of carbonyl (C=O) groups excluding carboxylic acids is 1. The summed E-state index contributed by atoms with van der Waals surface area (Å²) >= 11 is 0. The summed E-state index contributed by atoms with van der Waals surface area (Å²) in [5, 5.41) is 0. The highest BCUT2D eigenvalue weighted by Gasteiger charge is 2.01. The van der Waals surface area contributed by atoms with Crippen LogP contribution in [0.2, 0.25) is 0 Å². The average Bonchev–Trinajstić information content (AvgIpc) is 2.42. The molecule has 92 valence electrons. The molecule has 18 heavy (non-hydrogen) atoms. The van der Waals surface area contributed by atoms with Crippen molar-refractivity contribution in [2.45, 2.75) is 19.8 Å². The SMILES string of the molecule is CCC(=O)Oc1ccc(Cc2ccccc2)cc1. The van der Waals surface area contributed by atoms with E-state index in [1.54, 1.807) is 6.92 Å². The Kier molecular flexibility index (Phi) is 4.13. The van der Waals surface area contributed by atoms with Crippen molar-refractivity contribution in [3.05, 3.63) is 65.7 Å². The Balaban J connectivity index is 2.02. The number of hydrogen-bond donors (Lipinski definition) is 0. The maximum Gasteiger partial charge on any atom is 0.310 e. The van der Waals surface area contributed by atoms with Crippen LogP contribution >= 0.6 is 0 Å². The van der Waals surface area contributed by atoms with E-state index in [9.17, 15) is 4.79 Å². The van der Waals surface area contributed by atoms with Crippen molar-refractivity contribution >= 4 is 5.97 Å². The molecule has 2 heteroatoms. The smallest absolute Gasteiger partial charge is 0.310 e. The fourth-order valence-corrected chi connectivity index (χ4v) is 1.71. The first-order chi connectivity index (χ1) is 8.78. The molecule has 0 bridgehead atoms. The van der Waals surface area contributed by atoms with Gasteiger partial charge < -0.3 is 4.74 Å². The number of rotatable bonds is 4. The van der Waals surface area contributed by atoms with E-state index in [2.05, 4.69) is 12.1 Å². The summed E-state index contributed by atoms with van der Waals surface area (Å²) in [7, 11) is 0. The molecule has 2 aromatic rings. The van der Waals surface area contributed by atoms with E-state index < -0.39 is 0 Å². The molecule has 0 aromatic heterocycles. The number of ether oxygens (including phenoxy) is 1. The van der Waals surface area contributed by atoms with Gasteiger partial charge >= 0.3 is 5.97 Å². The van der Waals surface area contributed by atoms with Crippen molar-refractivity contribution in [2.24, 2.45) is 0 Å². The minimum absolute atomic E-state index is 0.203. The highest BCUT2D eigenvalue weighted by Crippen LogP contribution is 2.15. The van der Waals surface area contributed by atoms with Gasteiger partial charge in [0.15, 0.2) is 0 Å². The predicted octanol–water partition coefficient (Wildman–Crippen LogP) is 3.59. The van der Waals surface area contributed by atoms with Crippen molar-refractivity contribution in [2.75, 3.05) is 0 Å². The number of benzene rings is 2. The van der Waals surface area contributed by atoms with Crippen LogP contribution in [0.1, 0.15) is 24.5 Å². The zero-order valence-electron chi connectivity index (χ0n) is 10.4. The van der Waals surface area contributed by atoms with E-state index in [-0.39, 0.29) is 5.97 Å². The van der Waals surface area contributed by atoms with Crippen LogP contribution in [0.15, 0.2) is 54.6 Å². The Bertz CT molecular complexity index is 500. The van der Waals surface area contributed by atoms with E-state index >= 15 is 0 Å². The highest BCUT2D eigenvalue weighted by atomic mass is 16.5. The van der Waals surface area contributed by atoms with Crippen molar-refractivity contribution in [1.29, 1.82) is 0 Å². The molecule has 0 aliphatic rings. The van der Waals surface area contributed by atoms with Crippen LogP contribution in [0.5, 0.6) is 5.75 Å². The summed E-state index contributed by atoms with van der Waals surface area (Å²) in [5.41, 5.74) is 2.48. The van der Waals surface area contributed by atoms with Crippen LogP contribution in [0.3, 0.4) is 0 Å². The van der Waals surface area contributed by atoms with E-state index in [1.165, 1.54) is 11.1 Å². The van der Waals surface area contributed by atoms with Crippen LogP contribution in [0.25, 0.3) is 0 Å². The largest absolute Gasteiger partial charge is 0.427 e. The summed E-state index contributed by atoms with van der Waals surface area (Å²) in [6.07, 6.45) is 1.29. The lowest BCUT2D eigenvalue weighted by atomic mass is 10.1. The van der Waals surface area contributed by atoms with Crippen LogP contribution in [-0.2, 0) is 11.2 Å². The minimum atomic E-state index is -0.203. The fraction of sp³-hybridized carbons (Fsp3) is 0.188. The minimum Gasteiger partial charge on any atom is -0.427 e. The second kappa shape index (κ2) is 6.01. The Morgan fingerprint density at radius 3 is 2.17 bits per heavy atom. The van der Waals surface area contributed by atoms with Gasteiger partial charge in [-0.2, -0.15) is 0 Å². The first-order valence-corrected chi connectivity index (χ1v) is 6.11. The van der Waals surface area contributed by atoms with Crippen molar-refractivity contribution in [1.82, 2.24) is 0 Å². The summed E-state index contributed by atoms with van der Waals surface area (Å²) in [6, 6.07) is 17.9. The maximum absolute atomic E-state index is 11.1. The average molecular weight is 240 g/mol. The van der Waals surface area contributed by atoms with Gasteiger partial charge in [0.1, 0.15) is 5.75 Å². The maximum atomic E-state index is 11.1. The molecule has 0 aliphatic heterocycles. The predicted molar refractivity (Wildman–Crippen MR) is 71.6 cm³/mol. The lowest BCUT2D eigenvalue weighted by molar-refractivity contribution is -0.134. The zero-order valence-corrected chi connectivity index (χ0v) is 10.4. The fourth-order valence-electron chi connectivity index (χ4n) is 1.71. The molecule has 0 saturated heterocycles. The quantitative estimate of drug-likeness (QED) is 0.603. The topological polar surface area (TPSA) is 26.3 Å². The molecule has 2 rings (SSSR count). The van der Waals surface area contributed by atoms with Gasteiger partial charge in [0.05, 0.1) is 0 Å². The summed E-state index contributed by atoms with van der Waals surface area (Å²) in [6.45, 7) is 1.78. The van der Waals surface area contributed by atoms with Gasteiger partial charge in [-0.3, -0.25) is 4.79 Å². The summed E-state index contributed by atoms with van der Waals surface area (Å²) in [5.74, 6) is 0.407. The second-order valence-corrected chi connectivity index (χ2v) is 4.13. The monoisotopic (exact) mass is 240 g/mol. The molecule has 0 spiro atoms. The lowest BCUT2D eigenvalue weighted by Crippen LogP contribution is -2.05. The third-order valence-corrected chi connectivity index (χ3v) is 2.69. The number of esters is 1. The Morgan fingerprint density at radius 2 is 1.56 bits per heavy atom. The molecule has 0 N–H and O–H groups in total. The first-order valence-electron chi connectivity index (χ1n) is 6.11. The molecule has 0 radical (unpaired) electrons. The van der Waals surface area contributed by atoms with Gasteiger partial charge in [0.25, 0.3) is 0 Å². The molecule has 0 aliphatic carbocycles. The van der Waals surface area contributed by atoms with Gasteiger partial charge in [0.2, 0.25) is 0 Å². The highest BCUT2D eigenvalue weighted by molar-refractivity contribution is 5.71. The number of carbonyl (C=O) groups is 1. The molecule has 0 amide bonds. The lowest BCUT2D eigenvalue weighted by Gasteiger charge is -2.05. The van der Waals surface area contributed by atoms with Gasteiger partial charge in [-0.15, -0.1) is 0 Å². The molecule has 0 heterocycles. The van der Waals surface area contributed by atoms with Crippen LogP contribution in [0, 0.1) is 0 Å². The molecular weight excluding hydrogens is 224 g/mol. The van der Waals surface area contributed by atoms with E-state index in [0.717, 1.165) is 6.42 Å². The van der Waals surface area contributed by atoms with Crippen LogP contribution in [-0.4, -0.2) is 5.97 Å². The van der Waals surface area contributed by atoms with Gasteiger partial charge in [-0.25, -0.2) is 0 Å². The Morgan fingerprint density at radius 1 is 0.944 bits per heavy atom. The molecule has 0 saturated carbocycles. The van der Waals surface area contributed by atoms with Gasteiger partial charge in [-0.05, 0) is 29.7 Å². The molecule has 2 nitrogen and oxygen atoms in total. The summed E-state index contributed by atoms with van der Waals surface area (Å²) in [4.78, 5) is 11.1. The zero-order chi connectivity index (χ0) is 12.8. The normalized spacial score (nSPS) is 10.1. The van der Waals surface area contributed by atoms with Crippen molar-refractivity contribution in [3.63, 3.8) is 0 Å². The van der Waals surface area contributed by atoms with Crippen molar-refractivity contribution in [3.8, 4) is 5.75 Å². The first kappa shape index (κ1) is 12.4. The molecule has 0 unspecified atom stereocenters. The standard InChI is InChI=1S/C16H16O2/c1-2-16(17)18-15-10-8-14(9-11-15)12-13-6-4-3-5-7-13/h3-11H,2,12H2,1H3.